The van der Waals surface area contributed by atoms with Crippen molar-refractivity contribution in [1.82, 2.24) is 19.3 Å². The molecule has 9 nitrogen and oxygen atoms in total. The first-order valence-electron chi connectivity index (χ1n) is 8.84. The van der Waals surface area contributed by atoms with Gasteiger partial charge >= 0.3 is 5.69 Å². The normalized spacial score (nSPS) is 19.1. The number of aromatic nitrogens is 4. The summed E-state index contributed by atoms with van der Waals surface area (Å²) in [5.41, 5.74) is 1.38. The van der Waals surface area contributed by atoms with Crippen LogP contribution in [0.5, 0.6) is 0 Å². The number of H-pyrrole nitrogens is 1. The standard InChI is InChI=1S/C19H18N6O3/c1-8-5-6-11-10(7-8)19(17(27)20-11)12-9(2)22-23-14(12)21-15-13(19)16(26)25(4)18(28)24(15)3/h5-7H,1-4H3,(H,20,27)(H2,21,22,23). The average Bonchev–Trinajstić information content (AvgIpc) is 3.17. The summed E-state index contributed by atoms with van der Waals surface area (Å²) >= 11 is 0. The molecular weight excluding hydrogens is 360 g/mol. The molecule has 0 saturated heterocycles. The number of carbonyl (C=O) groups excluding carboxylic acids is 1. The van der Waals surface area contributed by atoms with Crippen LogP contribution in [0.3, 0.4) is 0 Å². The van der Waals surface area contributed by atoms with E-state index in [0.717, 1.165) is 10.1 Å². The third-order valence-corrected chi connectivity index (χ3v) is 5.77. The van der Waals surface area contributed by atoms with Crippen LogP contribution >= 0.6 is 0 Å². The molecule has 0 fully saturated rings. The van der Waals surface area contributed by atoms with Crippen LogP contribution in [0.15, 0.2) is 27.8 Å². The number of hydrogen-bond donors (Lipinski definition) is 3. The smallest absolute Gasteiger partial charge is 0.324 e. The first-order valence-corrected chi connectivity index (χ1v) is 8.84. The summed E-state index contributed by atoms with van der Waals surface area (Å²) in [6.07, 6.45) is 0. The molecule has 1 amide bonds. The highest BCUT2D eigenvalue weighted by Crippen LogP contribution is 2.53. The maximum atomic E-state index is 13.5. The van der Waals surface area contributed by atoms with Gasteiger partial charge in [0.1, 0.15) is 11.2 Å². The predicted molar refractivity (Wildman–Crippen MR) is 103 cm³/mol. The van der Waals surface area contributed by atoms with Gasteiger partial charge in [-0.3, -0.25) is 23.8 Å². The first-order chi connectivity index (χ1) is 13.3. The molecule has 28 heavy (non-hydrogen) atoms. The Morgan fingerprint density at radius 1 is 1.00 bits per heavy atom. The number of hydrogen-bond acceptors (Lipinski definition) is 5. The number of nitrogens with zero attached hydrogens (tertiary/aromatic N) is 3. The lowest BCUT2D eigenvalue weighted by Crippen LogP contribution is -2.50. The Bertz CT molecular complexity index is 1330. The number of carbonyl (C=O) groups is 1. The number of aryl methyl sites for hydroxylation is 2. The van der Waals surface area contributed by atoms with E-state index in [-0.39, 0.29) is 17.3 Å². The summed E-state index contributed by atoms with van der Waals surface area (Å²) in [6.45, 7) is 3.74. The Morgan fingerprint density at radius 2 is 1.75 bits per heavy atom. The quantitative estimate of drug-likeness (QED) is 0.535. The molecule has 4 heterocycles. The van der Waals surface area contributed by atoms with Gasteiger partial charge in [0.2, 0.25) is 5.91 Å². The van der Waals surface area contributed by atoms with Gasteiger partial charge in [-0.05, 0) is 19.9 Å². The lowest BCUT2D eigenvalue weighted by Gasteiger charge is -2.35. The van der Waals surface area contributed by atoms with Gasteiger partial charge in [-0.2, -0.15) is 5.10 Å². The van der Waals surface area contributed by atoms with E-state index >= 15 is 0 Å². The Kier molecular flexibility index (Phi) is 2.96. The van der Waals surface area contributed by atoms with Gasteiger partial charge in [-0.25, -0.2) is 4.79 Å². The van der Waals surface area contributed by atoms with Crippen LogP contribution < -0.4 is 21.9 Å². The van der Waals surface area contributed by atoms with Crippen LogP contribution in [0.4, 0.5) is 17.3 Å². The molecule has 142 valence electrons. The highest BCUT2D eigenvalue weighted by atomic mass is 16.2. The van der Waals surface area contributed by atoms with Crippen LogP contribution in [-0.4, -0.2) is 25.2 Å². The largest absolute Gasteiger partial charge is 0.332 e. The van der Waals surface area contributed by atoms with E-state index in [1.54, 1.807) is 7.05 Å². The van der Waals surface area contributed by atoms with Crippen molar-refractivity contribution in [3.05, 3.63) is 67.0 Å². The summed E-state index contributed by atoms with van der Waals surface area (Å²) in [5.74, 6) is 0.367. The molecule has 0 radical (unpaired) electrons. The Labute approximate surface area is 159 Å². The fraction of sp³-hybridized carbons (Fsp3) is 0.263. The van der Waals surface area contributed by atoms with Crippen molar-refractivity contribution in [3.8, 4) is 0 Å². The number of aromatic amines is 1. The number of fused-ring (bicyclic) bond motifs is 6. The molecule has 3 N–H and O–H groups in total. The molecule has 1 unspecified atom stereocenters. The Morgan fingerprint density at radius 3 is 2.50 bits per heavy atom. The minimum atomic E-state index is -1.39. The second-order valence-electron chi connectivity index (χ2n) is 7.38. The first kappa shape index (κ1) is 16.5. The molecule has 3 aromatic rings. The van der Waals surface area contributed by atoms with E-state index in [1.165, 1.54) is 11.6 Å². The molecule has 5 rings (SSSR count). The Balaban J connectivity index is 2.06. The van der Waals surface area contributed by atoms with Crippen LogP contribution in [0.2, 0.25) is 0 Å². The van der Waals surface area contributed by atoms with Crippen LogP contribution in [-0.2, 0) is 24.3 Å². The molecule has 2 aliphatic rings. The van der Waals surface area contributed by atoms with Crippen LogP contribution in [0.1, 0.15) is 27.9 Å². The minimum absolute atomic E-state index is 0.218. The third kappa shape index (κ3) is 1.67. The van der Waals surface area contributed by atoms with E-state index in [9.17, 15) is 14.4 Å². The van der Waals surface area contributed by atoms with Gasteiger partial charge in [-0.1, -0.05) is 17.7 Å². The second kappa shape index (κ2) is 5.00. The SMILES string of the molecule is Cc1ccc2c(c1)C1(C(=O)N2)c2c(n[nH]c2C)Nc2c1c(=O)n(C)c(=O)n2C. The molecule has 1 atom stereocenters. The maximum Gasteiger partial charge on any atom is 0.332 e. The number of amides is 1. The van der Waals surface area contributed by atoms with Gasteiger partial charge in [0, 0.05) is 36.6 Å². The molecule has 0 saturated carbocycles. The third-order valence-electron chi connectivity index (χ3n) is 5.77. The second-order valence-corrected chi connectivity index (χ2v) is 7.38. The van der Waals surface area contributed by atoms with E-state index < -0.39 is 16.7 Å². The molecule has 0 bridgehead atoms. The van der Waals surface area contributed by atoms with Crippen molar-refractivity contribution in [2.45, 2.75) is 19.3 Å². The van der Waals surface area contributed by atoms with E-state index in [1.807, 2.05) is 32.0 Å². The zero-order valence-electron chi connectivity index (χ0n) is 15.8. The maximum absolute atomic E-state index is 13.5. The van der Waals surface area contributed by atoms with Crippen molar-refractivity contribution in [1.29, 1.82) is 0 Å². The zero-order chi connectivity index (χ0) is 20.0. The topological polar surface area (TPSA) is 114 Å². The number of rotatable bonds is 0. The van der Waals surface area contributed by atoms with E-state index in [0.29, 0.717) is 28.3 Å². The van der Waals surface area contributed by atoms with Crippen molar-refractivity contribution >= 4 is 23.2 Å². The predicted octanol–water partition coefficient (Wildman–Crippen LogP) is 0.767. The lowest BCUT2D eigenvalue weighted by molar-refractivity contribution is -0.118. The summed E-state index contributed by atoms with van der Waals surface area (Å²) in [7, 11) is 2.98. The van der Waals surface area contributed by atoms with Gasteiger partial charge in [0.05, 0.1) is 5.56 Å². The highest BCUT2D eigenvalue weighted by molar-refractivity contribution is 6.14. The molecule has 2 aromatic heterocycles. The summed E-state index contributed by atoms with van der Waals surface area (Å²) in [4.78, 5) is 39.4. The molecule has 0 aliphatic carbocycles. The minimum Gasteiger partial charge on any atom is -0.324 e. The zero-order valence-corrected chi connectivity index (χ0v) is 15.8. The monoisotopic (exact) mass is 378 g/mol. The van der Waals surface area contributed by atoms with Crippen molar-refractivity contribution < 1.29 is 4.79 Å². The van der Waals surface area contributed by atoms with Crippen LogP contribution in [0.25, 0.3) is 0 Å². The number of nitrogens with one attached hydrogen (secondary N) is 3. The number of anilines is 3. The summed E-state index contributed by atoms with van der Waals surface area (Å²) in [5, 5.41) is 13.2. The van der Waals surface area contributed by atoms with E-state index in [2.05, 4.69) is 20.8 Å². The fourth-order valence-electron chi connectivity index (χ4n) is 4.46. The van der Waals surface area contributed by atoms with Crippen molar-refractivity contribution in [2.24, 2.45) is 14.1 Å². The van der Waals surface area contributed by atoms with Crippen molar-refractivity contribution in [3.63, 3.8) is 0 Å². The summed E-state index contributed by atoms with van der Waals surface area (Å²) in [6, 6.07) is 5.64. The van der Waals surface area contributed by atoms with Crippen LogP contribution in [0, 0.1) is 13.8 Å². The van der Waals surface area contributed by atoms with Gasteiger partial charge in [-0.15, -0.1) is 0 Å². The van der Waals surface area contributed by atoms with Gasteiger partial charge < -0.3 is 10.6 Å². The molecule has 1 aromatic carbocycles. The number of benzene rings is 1. The van der Waals surface area contributed by atoms with E-state index in [4.69, 9.17) is 0 Å². The average molecular weight is 378 g/mol. The molecule has 1 spiro atoms. The molecular formula is C19H18N6O3. The highest BCUT2D eigenvalue weighted by Gasteiger charge is 2.58. The van der Waals surface area contributed by atoms with Gasteiger partial charge in [0.15, 0.2) is 5.82 Å². The molecule has 2 aliphatic heterocycles. The molecule has 9 heteroatoms. The lowest BCUT2D eigenvalue weighted by atomic mass is 9.68. The Hall–Kier alpha value is -3.62. The van der Waals surface area contributed by atoms with Gasteiger partial charge in [0.25, 0.3) is 5.56 Å². The fourth-order valence-corrected chi connectivity index (χ4v) is 4.46. The summed E-state index contributed by atoms with van der Waals surface area (Å²) < 4.78 is 2.37. The van der Waals surface area contributed by atoms with Crippen molar-refractivity contribution in [2.75, 3.05) is 10.6 Å².